The van der Waals surface area contributed by atoms with Gasteiger partial charge >= 0.3 is 0 Å². The van der Waals surface area contributed by atoms with E-state index in [1.165, 1.54) is 4.88 Å². The maximum absolute atomic E-state index is 12.1. The number of rotatable bonds is 6. The van der Waals surface area contributed by atoms with Crippen LogP contribution < -0.4 is 0 Å². The van der Waals surface area contributed by atoms with Gasteiger partial charge in [0.1, 0.15) is 0 Å². The molecule has 6 heteroatoms. The van der Waals surface area contributed by atoms with Crippen molar-refractivity contribution >= 4 is 17.2 Å². The molecule has 1 fully saturated rings. The summed E-state index contributed by atoms with van der Waals surface area (Å²) in [6.07, 6.45) is 0. The summed E-state index contributed by atoms with van der Waals surface area (Å²) in [5, 5.41) is 10.9. The van der Waals surface area contributed by atoms with Crippen LogP contribution in [0.1, 0.15) is 4.88 Å². The molecule has 1 saturated heterocycles. The summed E-state index contributed by atoms with van der Waals surface area (Å²) in [5.74, 6) is 0.164. The lowest BCUT2D eigenvalue weighted by atomic mass is 10.3. The average Bonchev–Trinajstić information content (AvgIpc) is 2.92. The van der Waals surface area contributed by atoms with E-state index < -0.39 is 0 Å². The van der Waals surface area contributed by atoms with Gasteiger partial charge in [-0.3, -0.25) is 14.6 Å². The molecule has 2 rings (SSSR count). The van der Waals surface area contributed by atoms with Crippen molar-refractivity contribution in [3.05, 3.63) is 22.4 Å². The van der Waals surface area contributed by atoms with Gasteiger partial charge in [-0.2, -0.15) is 0 Å². The Labute approximate surface area is 124 Å². The van der Waals surface area contributed by atoms with E-state index in [0.717, 1.165) is 32.7 Å². The third kappa shape index (κ3) is 4.56. The Balaban J connectivity index is 1.72. The fraction of sp³-hybridized carbons (Fsp3) is 0.643. The maximum Gasteiger partial charge on any atom is 0.236 e. The number of nitrogens with zero attached hydrogens (tertiary/aromatic N) is 3. The second-order valence-electron chi connectivity index (χ2n) is 5.20. The Morgan fingerprint density at radius 3 is 2.75 bits per heavy atom. The molecule has 20 heavy (non-hydrogen) atoms. The molecule has 1 N–H and O–H groups in total. The summed E-state index contributed by atoms with van der Waals surface area (Å²) in [6, 6.07) is 4.24. The highest BCUT2D eigenvalue weighted by atomic mass is 32.1. The van der Waals surface area contributed by atoms with Crippen LogP contribution in [-0.4, -0.2) is 78.6 Å². The monoisotopic (exact) mass is 297 g/mol. The molecule has 0 aliphatic carbocycles. The Bertz CT molecular complexity index is 403. The van der Waals surface area contributed by atoms with Gasteiger partial charge in [0.15, 0.2) is 0 Å². The molecule has 1 aromatic rings. The lowest BCUT2D eigenvalue weighted by Gasteiger charge is -2.35. The van der Waals surface area contributed by atoms with Crippen LogP contribution in [0.4, 0.5) is 0 Å². The number of hydrogen-bond acceptors (Lipinski definition) is 5. The molecular weight excluding hydrogens is 274 g/mol. The molecule has 0 radical (unpaired) electrons. The quantitative estimate of drug-likeness (QED) is 0.821. The number of likely N-dealkylation sites (N-methyl/N-ethyl adjacent to an activating group) is 1. The highest BCUT2D eigenvalue weighted by molar-refractivity contribution is 7.09. The van der Waals surface area contributed by atoms with Crippen molar-refractivity contribution in [2.75, 3.05) is 52.9 Å². The third-order valence-electron chi connectivity index (χ3n) is 3.57. The fourth-order valence-corrected chi connectivity index (χ4v) is 3.11. The number of aliphatic hydroxyl groups excluding tert-OH is 1. The fourth-order valence-electron chi connectivity index (χ4n) is 2.36. The molecule has 1 aromatic heterocycles. The largest absolute Gasteiger partial charge is 0.395 e. The van der Waals surface area contributed by atoms with Gasteiger partial charge in [-0.05, 0) is 18.5 Å². The predicted octanol–water partition coefficient (Wildman–Crippen LogP) is 0.316. The molecule has 0 spiro atoms. The number of hydrogen-bond donors (Lipinski definition) is 1. The standard InChI is InChI=1S/C14H23N3O2S/c1-15(8-9-18)12-14(19)17-6-4-16(5-7-17)11-13-3-2-10-20-13/h2-3,10,18H,4-9,11-12H2,1H3. The van der Waals surface area contributed by atoms with E-state index in [0.29, 0.717) is 13.1 Å². The van der Waals surface area contributed by atoms with Gasteiger partial charge in [-0.15, -0.1) is 11.3 Å². The zero-order valence-electron chi connectivity index (χ0n) is 12.0. The van der Waals surface area contributed by atoms with E-state index in [1.54, 1.807) is 11.3 Å². The number of piperazine rings is 1. The first kappa shape index (κ1) is 15.4. The van der Waals surface area contributed by atoms with Gasteiger partial charge in [0.05, 0.1) is 13.2 Å². The van der Waals surface area contributed by atoms with Crippen LogP contribution in [0.25, 0.3) is 0 Å². The van der Waals surface area contributed by atoms with Gasteiger partial charge in [0.25, 0.3) is 0 Å². The summed E-state index contributed by atoms with van der Waals surface area (Å²) in [6.45, 7) is 5.51. The van der Waals surface area contributed by atoms with Gasteiger partial charge in [0, 0.05) is 44.1 Å². The molecule has 0 atom stereocenters. The van der Waals surface area contributed by atoms with E-state index >= 15 is 0 Å². The van der Waals surface area contributed by atoms with Crippen molar-refractivity contribution in [2.45, 2.75) is 6.54 Å². The summed E-state index contributed by atoms with van der Waals surface area (Å²) in [4.78, 5) is 19.7. The summed E-state index contributed by atoms with van der Waals surface area (Å²) < 4.78 is 0. The zero-order chi connectivity index (χ0) is 14.4. The van der Waals surface area contributed by atoms with Crippen LogP contribution in [0.2, 0.25) is 0 Å². The van der Waals surface area contributed by atoms with E-state index in [9.17, 15) is 4.79 Å². The van der Waals surface area contributed by atoms with Crippen molar-refractivity contribution in [1.29, 1.82) is 0 Å². The molecule has 1 amide bonds. The highest BCUT2D eigenvalue weighted by Gasteiger charge is 2.21. The molecule has 1 aliphatic rings. The highest BCUT2D eigenvalue weighted by Crippen LogP contribution is 2.13. The number of thiophene rings is 1. The minimum atomic E-state index is 0.0956. The molecule has 2 heterocycles. The van der Waals surface area contributed by atoms with Crippen molar-refractivity contribution in [1.82, 2.24) is 14.7 Å². The number of amides is 1. The van der Waals surface area contributed by atoms with E-state index in [-0.39, 0.29) is 12.5 Å². The van der Waals surface area contributed by atoms with E-state index in [2.05, 4.69) is 22.4 Å². The molecule has 0 saturated carbocycles. The molecular formula is C14H23N3O2S. The molecule has 0 aromatic carbocycles. The van der Waals surface area contributed by atoms with Gasteiger partial charge in [0.2, 0.25) is 5.91 Å². The Morgan fingerprint density at radius 2 is 2.15 bits per heavy atom. The first-order chi connectivity index (χ1) is 9.69. The topological polar surface area (TPSA) is 47.0 Å². The Morgan fingerprint density at radius 1 is 1.40 bits per heavy atom. The smallest absolute Gasteiger partial charge is 0.236 e. The number of aliphatic hydroxyl groups is 1. The van der Waals surface area contributed by atoms with Gasteiger partial charge in [-0.25, -0.2) is 0 Å². The average molecular weight is 297 g/mol. The third-order valence-corrected chi connectivity index (χ3v) is 4.43. The van der Waals surface area contributed by atoms with Crippen molar-refractivity contribution in [2.24, 2.45) is 0 Å². The van der Waals surface area contributed by atoms with Gasteiger partial charge < -0.3 is 10.0 Å². The van der Waals surface area contributed by atoms with Gasteiger partial charge in [-0.1, -0.05) is 6.07 Å². The first-order valence-electron chi connectivity index (χ1n) is 7.01. The summed E-state index contributed by atoms with van der Waals surface area (Å²) in [5.41, 5.74) is 0. The van der Waals surface area contributed by atoms with Crippen LogP contribution >= 0.6 is 11.3 Å². The predicted molar refractivity (Wildman–Crippen MR) is 80.8 cm³/mol. The molecule has 0 unspecified atom stereocenters. The molecule has 112 valence electrons. The minimum Gasteiger partial charge on any atom is -0.395 e. The summed E-state index contributed by atoms with van der Waals surface area (Å²) >= 11 is 1.79. The molecule has 5 nitrogen and oxygen atoms in total. The zero-order valence-corrected chi connectivity index (χ0v) is 12.8. The lowest BCUT2D eigenvalue weighted by molar-refractivity contribution is -0.134. The second-order valence-corrected chi connectivity index (χ2v) is 6.23. The lowest BCUT2D eigenvalue weighted by Crippen LogP contribution is -2.50. The van der Waals surface area contributed by atoms with E-state index in [4.69, 9.17) is 5.11 Å². The van der Waals surface area contributed by atoms with Crippen LogP contribution in [0, 0.1) is 0 Å². The van der Waals surface area contributed by atoms with Crippen molar-refractivity contribution in [3.8, 4) is 0 Å². The molecule has 0 bridgehead atoms. The van der Waals surface area contributed by atoms with Crippen LogP contribution in [0.5, 0.6) is 0 Å². The van der Waals surface area contributed by atoms with Crippen molar-refractivity contribution < 1.29 is 9.90 Å². The summed E-state index contributed by atoms with van der Waals surface area (Å²) in [7, 11) is 1.86. The Hall–Kier alpha value is -0.950. The SMILES string of the molecule is CN(CCO)CC(=O)N1CCN(Cc2cccs2)CC1. The van der Waals surface area contributed by atoms with Crippen molar-refractivity contribution in [3.63, 3.8) is 0 Å². The number of carbonyl (C=O) groups is 1. The van der Waals surface area contributed by atoms with Crippen LogP contribution in [-0.2, 0) is 11.3 Å². The number of carbonyl (C=O) groups excluding carboxylic acids is 1. The van der Waals surface area contributed by atoms with Crippen LogP contribution in [0.15, 0.2) is 17.5 Å². The van der Waals surface area contributed by atoms with Crippen LogP contribution in [0.3, 0.4) is 0 Å². The first-order valence-corrected chi connectivity index (χ1v) is 7.89. The minimum absolute atomic E-state index is 0.0956. The molecule has 1 aliphatic heterocycles. The second kappa shape index (κ2) is 7.73. The van der Waals surface area contributed by atoms with E-state index in [1.807, 2.05) is 16.8 Å². The Kier molecular flexibility index (Phi) is 5.97. The maximum atomic E-state index is 12.1. The normalized spacial score (nSPS) is 16.9.